The normalized spacial score (nSPS) is 11.1. The van der Waals surface area contributed by atoms with Gasteiger partial charge in [-0.05, 0) is 50.1 Å². The molecule has 142 valence electrons. The van der Waals surface area contributed by atoms with Crippen molar-refractivity contribution in [1.29, 1.82) is 0 Å². The van der Waals surface area contributed by atoms with Crippen molar-refractivity contribution in [2.24, 2.45) is 0 Å². The smallest absolute Gasteiger partial charge is 0.224 e. The minimum Gasteiger partial charge on any atom is -0.359 e. The van der Waals surface area contributed by atoms with Crippen molar-refractivity contribution in [3.63, 3.8) is 0 Å². The topological polar surface area (TPSA) is 83.8 Å². The number of amides is 1. The summed E-state index contributed by atoms with van der Waals surface area (Å²) < 4.78 is 5.33. The van der Waals surface area contributed by atoms with Crippen molar-refractivity contribution in [2.45, 2.75) is 33.7 Å². The van der Waals surface area contributed by atoms with Crippen LogP contribution in [0, 0.1) is 20.8 Å². The van der Waals surface area contributed by atoms with Gasteiger partial charge in [0, 0.05) is 40.6 Å². The second kappa shape index (κ2) is 7.31. The standard InChI is InChI=1S/C22H22N4O2/c1-13-7-14(2)22-19(8-13)18(15(3)25-22)10-21(27)24-12-17-9-20(26-28-17)16-5-4-6-23-11-16/h4-9,11,25H,10,12H2,1-3H3,(H,24,27). The van der Waals surface area contributed by atoms with Gasteiger partial charge in [0.05, 0.1) is 13.0 Å². The average molecular weight is 374 g/mol. The first-order valence-electron chi connectivity index (χ1n) is 9.22. The van der Waals surface area contributed by atoms with Crippen molar-refractivity contribution >= 4 is 16.8 Å². The third-order valence-corrected chi connectivity index (χ3v) is 4.88. The molecule has 0 atom stereocenters. The predicted molar refractivity (Wildman–Crippen MR) is 108 cm³/mol. The van der Waals surface area contributed by atoms with E-state index in [4.69, 9.17) is 4.52 Å². The Bertz CT molecular complexity index is 1140. The first-order chi connectivity index (χ1) is 13.5. The monoisotopic (exact) mass is 374 g/mol. The summed E-state index contributed by atoms with van der Waals surface area (Å²) in [7, 11) is 0. The quantitative estimate of drug-likeness (QED) is 0.553. The number of fused-ring (bicyclic) bond motifs is 1. The maximum absolute atomic E-state index is 12.5. The van der Waals surface area contributed by atoms with Gasteiger partial charge in [-0.1, -0.05) is 16.8 Å². The van der Waals surface area contributed by atoms with Gasteiger partial charge in [0.1, 0.15) is 5.69 Å². The van der Waals surface area contributed by atoms with Gasteiger partial charge < -0.3 is 14.8 Å². The summed E-state index contributed by atoms with van der Waals surface area (Å²) in [5.41, 5.74) is 7.12. The first-order valence-corrected chi connectivity index (χ1v) is 9.22. The summed E-state index contributed by atoms with van der Waals surface area (Å²) in [6.07, 6.45) is 3.75. The summed E-state index contributed by atoms with van der Waals surface area (Å²) in [6.45, 7) is 6.46. The molecule has 1 amide bonds. The van der Waals surface area contributed by atoms with Crippen LogP contribution in [0.25, 0.3) is 22.2 Å². The number of carbonyl (C=O) groups excluding carboxylic acids is 1. The lowest BCUT2D eigenvalue weighted by atomic mass is 10.0. The molecule has 3 heterocycles. The highest BCUT2D eigenvalue weighted by Crippen LogP contribution is 2.26. The van der Waals surface area contributed by atoms with E-state index in [1.165, 1.54) is 11.1 Å². The van der Waals surface area contributed by atoms with Gasteiger partial charge in [-0.25, -0.2) is 0 Å². The van der Waals surface area contributed by atoms with Crippen LogP contribution in [0.15, 0.2) is 47.2 Å². The Labute approximate surface area is 163 Å². The molecule has 0 radical (unpaired) electrons. The Morgan fingerprint density at radius 3 is 2.86 bits per heavy atom. The highest BCUT2D eigenvalue weighted by atomic mass is 16.5. The summed E-state index contributed by atoms with van der Waals surface area (Å²) in [5, 5.41) is 8.08. The van der Waals surface area contributed by atoms with E-state index >= 15 is 0 Å². The van der Waals surface area contributed by atoms with Crippen LogP contribution in [0.3, 0.4) is 0 Å². The van der Waals surface area contributed by atoms with Crippen LogP contribution in [0.5, 0.6) is 0 Å². The second-order valence-electron chi connectivity index (χ2n) is 7.11. The van der Waals surface area contributed by atoms with Crippen LogP contribution in [0.1, 0.15) is 28.1 Å². The van der Waals surface area contributed by atoms with Crippen LogP contribution in [-0.4, -0.2) is 21.0 Å². The van der Waals surface area contributed by atoms with E-state index in [2.05, 4.69) is 46.4 Å². The fourth-order valence-corrected chi connectivity index (χ4v) is 3.52. The van der Waals surface area contributed by atoms with Crippen molar-refractivity contribution in [3.05, 3.63) is 70.9 Å². The molecule has 0 fully saturated rings. The van der Waals surface area contributed by atoms with E-state index in [1.807, 2.05) is 25.1 Å². The zero-order valence-electron chi connectivity index (χ0n) is 16.2. The number of carbonyl (C=O) groups is 1. The average Bonchev–Trinajstić information content (AvgIpc) is 3.27. The Morgan fingerprint density at radius 2 is 2.07 bits per heavy atom. The van der Waals surface area contributed by atoms with Crippen molar-refractivity contribution in [1.82, 2.24) is 20.4 Å². The summed E-state index contributed by atoms with van der Waals surface area (Å²) >= 11 is 0. The summed E-state index contributed by atoms with van der Waals surface area (Å²) in [4.78, 5) is 20.0. The summed E-state index contributed by atoms with van der Waals surface area (Å²) in [5.74, 6) is 0.553. The lowest BCUT2D eigenvalue weighted by molar-refractivity contribution is -0.120. The molecule has 0 aliphatic carbocycles. The number of hydrogen-bond acceptors (Lipinski definition) is 4. The van der Waals surface area contributed by atoms with Gasteiger partial charge in [0.25, 0.3) is 0 Å². The molecule has 1 aromatic carbocycles. The fraction of sp³-hybridized carbons (Fsp3) is 0.227. The molecule has 3 aromatic heterocycles. The molecule has 6 nitrogen and oxygen atoms in total. The highest BCUT2D eigenvalue weighted by Gasteiger charge is 2.15. The van der Waals surface area contributed by atoms with E-state index in [1.54, 1.807) is 12.4 Å². The minimum absolute atomic E-state index is 0.0533. The van der Waals surface area contributed by atoms with E-state index in [9.17, 15) is 4.79 Å². The molecule has 28 heavy (non-hydrogen) atoms. The van der Waals surface area contributed by atoms with E-state index in [-0.39, 0.29) is 5.91 Å². The van der Waals surface area contributed by atoms with Gasteiger partial charge in [0.15, 0.2) is 5.76 Å². The molecule has 4 aromatic rings. The Morgan fingerprint density at radius 1 is 1.21 bits per heavy atom. The van der Waals surface area contributed by atoms with Crippen LogP contribution in [0.4, 0.5) is 0 Å². The van der Waals surface area contributed by atoms with Gasteiger partial charge in [-0.15, -0.1) is 0 Å². The molecule has 0 aliphatic heterocycles. The van der Waals surface area contributed by atoms with Crippen molar-refractivity contribution < 1.29 is 9.32 Å². The SMILES string of the molecule is Cc1cc(C)c2[nH]c(C)c(CC(=O)NCc3cc(-c4cccnc4)no3)c2c1. The molecule has 0 saturated carbocycles. The second-order valence-corrected chi connectivity index (χ2v) is 7.11. The third kappa shape index (κ3) is 3.53. The van der Waals surface area contributed by atoms with E-state index in [0.717, 1.165) is 27.7 Å². The molecule has 0 saturated heterocycles. The molecule has 6 heteroatoms. The highest BCUT2D eigenvalue weighted by molar-refractivity contribution is 5.92. The number of aromatic amines is 1. The van der Waals surface area contributed by atoms with Crippen LogP contribution >= 0.6 is 0 Å². The maximum atomic E-state index is 12.5. The number of aryl methyl sites for hydroxylation is 3. The Hall–Kier alpha value is -3.41. The summed E-state index contributed by atoms with van der Waals surface area (Å²) in [6, 6.07) is 9.85. The number of rotatable bonds is 5. The first kappa shape index (κ1) is 18.0. The zero-order valence-corrected chi connectivity index (χ0v) is 16.2. The van der Waals surface area contributed by atoms with Crippen LogP contribution in [0.2, 0.25) is 0 Å². The lowest BCUT2D eigenvalue weighted by Gasteiger charge is -2.05. The number of benzene rings is 1. The Balaban J connectivity index is 1.45. The van der Waals surface area contributed by atoms with Crippen LogP contribution < -0.4 is 5.32 Å². The molecule has 0 spiro atoms. The number of aromatic nitrogens is 3. The van der Waals surface area contributed by atoms with Crippen LogP contribution in [-0.2, 0) is 17.8 Å². The van der Waals surface area contributed by atoms with Gasteiger partial charge in [-0.2, -0.15) is 0 Å². The number of nitrogens with zero attached hydrogens (tertiary/aromatic N) is 2. The maximum Gasteiger partial charge on any atom is 0.224 e. The van der Waals surface area contributed by atoms with Crippen molar-refractivity contribution in [2.75, 3.05) is 0 Å². The largest absolute Gasteiger partial charge is 0.359 e. The number of H-pyrrole nitrogens is 1. The minimum atomic E-state index is -0.0533. The molecule has 0 aliphatic rings. The predicted octanol–water partition coefficient (Wildman–Crippen LogP) is 4.00. The van der Waals surface area contributed by atoms with Gasteiger partial charge in [0.2, 0.25) is 5.91 Å². The molecular formula is C22H22N4O2. The number of nitrogens with one attached hydrogen (secondary N) is 2. The lowest BCUT2D eigenvalue weighted by Crippen LogP contribution is -2.24. The van der Waals surface area contributed by atoms with E-state index < -0.39 is 0 Å². The number of hydrogen-bond donors (Lipinski definition) is 2. The Kier molecular flexibility index (Phi) is 4.69. The molecule has 0 unspecified atom stereocenters. The molecular weight excluding hydrogens is 352 g/mol. The molecule has 4 rings (SSSR count). The van der Waals surface area contributed by atoms with Crippen molar-refractivity contribution in [3.8, 4) is 11.3 Å². The fourth-order valence-electron chi connectivity index (χ4n) is 3.52. The molecule has 0 bridgehead atoms. The van der Waals surface area contributed by atoms with Gasteiger partial charge in [-0.3, -0.25) is 9.78 Å². The number of pyridine rings is 1. The van der Waals surface area contributed by atoms with Gasteiger partial charge >= 0.3 is 0 Å². The molecule has 2 N–H and O–H groups in total. The third-order valence-electron chi connectivity index (χ3n) is 4.88. The zero-order chi connectivity index (χ0) is 19.7. The van der Waals surface area contributed by atoms with E-state index in [0.29, 0.717) is 24.4 Å².